The third-order valence-electron chi connectivity index (χ3n) is 8.38. The second-order valence-electron chi connectivity index (χ2n) is 15.0. The van der Waals surface area contributed by atoms with Gasteiger partial charge >= 0.3 is 11.9 Å². The molecule has 0 unspecified atom stereocenters. The first-order valence-electron chi connectivity index (χ1n) is 14.8. The van der Waals surface area contributed by atoms with Crippen molar-refractivity contribution >= 4 is 11.9 Å². The molecule has 39 heavy (non-hydrogen) atoms. The summed E-state index contributed by atoms with van der Waals surface area (Å²) in [6.45, 7) is 22.8. The zero-order chi connectivity index (χ0) is 29.4. The average Bonchev–Trinajstić information content (AvgIpc) is 2.78. The number of unbranched alkanes of at least 4 members (excludes halogenated alkanes) is 2. The monoisotopic (exact) mass is 540 g/mol. The van der Waals surface area contributed by atoms with Crippen molar-refractivity contribution in [1.29, 1.82) is 0 Å². The molecule has 1 aliphatic heterocycles. The zero-order valence-electron chi connectivity index (χ0n) is 26.4. The van der Waals surface area contributed by atoms with Gasteiger partial charge in [-0.3, -0.25) is 9.59 Å². The first-order chi connectivity index (χ1) is 17.8. The number of fused-ring (bicyclic) bond motifs is 3. The molecule has 0 amide bonds. The smallest absolute Gasteiger partial charge is 0.316 e. The van der Waals surface area contributed by atoms with E-state index in [-0.39, 0.29) is 28.9 Å². The van der Waals surface area contributed by atoms with Crippen LogP contribution in [-0.4, -0.2) is 24.1 Å². The molecule has 0 aromatic heterocycles. The van der Waals surface area contributed by atoms with Gasteiger partial charge in [0.1, 0.15) is 17.1 Å². The first-order valence-corrected chi connectivity index (χ1v) is 14.8. The summed E-state index contributed by atoms with van der Waals surface area (Å²) < 4.78 is 18.3. The van der Waals surface area contributed by atoms with Crippen molar-refractivity contribution in [1.82, 2.24) is 0 Å². The summed E-state index contributed by atoms with van der Waals surface area (Å²) in [4.78, 5) is 25.1. The van der Waals surface area contributed by atoms with Crippen LogP contribution in [0.2, 0.25) is 0 Å². The largest absolute Gasteiger partial charge is 0.487 e. The van der Waals surface area contributed by atoms with Crippen LogP contribution in [0.25, 0.3) is 0 Å². The molecule has 0 N–H and O–H groups in total. The van der Waals surface area contributed by atoms with Crippen LogP contribution in [0, 0.1) is 16.7 Å². The lowest BCUT2D eigenvalue weighted by molar-refractivity contribution is -0.153. The Labute approximate surface area is 237 Å². The Balaban J connectivity index is 1.85. The minimum Gasteiger partial charge on any atom is -0.487 e. The Morgan fingerprint density at radius 1 is 0.949 bits per heavy atom. The molecule has 3 rings (SSSR count). The predicted molar refractivity (Wildman–Crippen MR) is 157 cm³/mol. The van der Waals surface area contributed by atoms with E-state index < -0.39 is 10.8 Å². The van der Waals surface area contributed by atoms with Crippen LogP contribution in [0.4, 0.5) is 0 Å². The molecule has 0 saturated heterocycles. The van der Waals surface area contributed by atoms with Gasteiger partial charge in [-0.1, -0.05) is 38.3 Å². The maximum atomic E-state index is 13.1. The Morgan fingerprint density at radius 2 is 1.59 bits per heavy atom. The van der Waals surface area contributed by atoms with Crippen molar-refractivity contribution in [3.63, 3.8) is 0 Å². The number of carbonyl (C=O) groups is 2. The molecule has 2 aliphatic rings. The van der Waals surface area contributed by atoms with Gasteiger partial charge in [0.25, 0.3) is 0 Å². The highest BCUT2D eigenvalue weighted by Crippen LogP contribution is 2.55. The van der Waals surface area contributed by atoms with E-state index in [4.69, 9.17) is 14.2 Å². The van der Waals surface area contributed by atoms with Crippen LogP contribution in [0.5, 0.6) is 11.5 Å². The Hall–Kier alpha value is -2.30. The molecule has 5 nitrogen and oxygen atoms in total. The summed E-state index contributed by atoms with van der Waals surface area (Å²) in [5, 5.41) is 0. The van der Waals surface area contributed by atoms with Gasteiger partial charge in [0.15, 0.2) is 0 Å². The normalized spacial score (nSPS) is 20.7. The van der Waals surface area contributed by atoms with Gasteiger partial charge in [-0.25, -0.2) is 0 Å². The van der Waals surface area contributed by atoms with Crippen molar-refractivity contribution in [3.05, 3.63) is 34.9 Å². The van der Waals surface area contributed by atoms with Crippen LogP contribution in [0.1, 0.15) is 132 Å². The molecule has 1 aromatic rings. The Bertz CT molecular complexity index is 1090. The standard InChI is InChI=1S/C34H52O5/c1-22-15-16-25-24(19-22)28-26(38-30(36)32(5,6)7)20-23(21-27(28)39-34(25,10)11)33(8,9)17-13-12-14-18-37-29(35)31(2,3)4/h15,20-21,24-25H,12-14,16-19H2,1-11H3/t24-,25-/m1/s1. The third-order valence-corrected chi connectivity index (χ3v) is 8.38. The molecule has 0 bridgehead atoms. The van der Waals surface area contributed by atoms with Crippen molar-refractivity contribution in [2.75, 3.05) is 6.61 Å². The number of allylic oxidation sites excluding steroid dienone is 2. The summed E-state index contributed by atoms with van der Waals surface area (Å²) in [6, 6.07) is 4.29. The van der Waals surface area contributed by atoms with Crippen molar-refractivity contribution in [2.45, 2.75) is 132 Å². The molecule has 5 heteroatoms. The summed E-state index contributed by atoms with van der Waals surface area (Å²) in [5.41, 5.74) is 2.02. The topological polar surface area (TPSA) is 61.8 Å². The molecule has 1 aliphatic carbocycles. The van der Waals surface area contributed by atoms with Gasteiger partial charge in [-0.15, -0.1) is 0 Å². The predicted octanol–water partition coefficient (Wildman–Crippen LogP) is 8.68. The van der Waals surface area contributed by atoms with Gasteiger partial charge in [0, 0.05) is 17.4 Å². The molecule has 0 fully saturated rings. The van der Waals surface area contributed by atoms with E-state index in [1.165, 1.54) is 5.57 Å². The number of benzene rings is 1. The van der Waals surface area contributed by atoms with Crippen molar-refractivity contribution in [3.8, 4) is 11.5 Å². The lowest BCUT2D eigenvalue weighted by Crippen LogP contribution is -2.45. The van der Waals surface area contributed by atoms with Crippen LogP contribution in [0.3, 0.4) is 0 Å². The molecule has 2 atom stereocenters. The molecule has 0 saturated carbocycles. The van der Waals surface area contributed by atoms with Crippen LogP contribution >= 0.6 is 0 Å². The van der Waals surface area contributed by atoms with E-state index in [1.807, 2.05) is 41.5 Å². The molecule has 218 valence electrons. The summed E-state index contributed by atoms with van der Waals surface area (Å²) >= 11 is 0. The highest BCUT2D eigenvalue weighted by molar-refractivity contribution is 5.79. The fraction of sp³-hybridized carbons (Fsp3) is 0.706. The van der Waals surface area contributed by atoms with E-state index in [0.717, 1.165) is 55.4 Å². The van der Waals surface area contributed by atoms with Crippen molar-refractivity contribution < 1.29 is 23.8 Å². The number of esters is 2. The highest BCUT2D eigenvalue weighted by atomic mass is 16.5. The van der Waals surface area contributed by atoms with Gasteiger partial charge in [0.2, 0.25) is 0 Å². The van der Waals surface area contributed by atoms with Gasteiger partial charge < -0.3 is 14.2 Å². The van der Waals surface area contributed by atoms with E-state index >= 15 is 0 Å². The molecule has 1 heterocycles. The van der Waals surface area contributed by atoms with Crippen molar-refractivity contribution in [2.24, 2.45) is 16.7 Å². The van der Waals surface area contributed by atoms with Gasteiger partial charge in [0.05, 0.1) is 17.4 Å². The quantitative estimate of drug-likeness (QED) is 0.143. The molecular weight excluding hydrogens is 488 g/mol. The second kappa shape index (κ2) is 11.3. The maximum absolute atomic E-state index is 13.1. The number of hydrogen-bond acceptors (Lipinski definition) is 5. The van der Waals surface area contributed by atoms with Gasteiger partial charge in [-0.05, 0) is 111 Å². The molecule has 0 radical (unpaired) electrons. The van der Waals surface area contributed by atoms with Crippen LogP contribution < -0.4 is 9.47 Å². The fourth-order valence-corrected chi connectivity index (χ4v) is 5.65. The number of carbonyl (C=O) groups excluding carboxylic acids is 2. The Kier molecular flexibility index (Phi) is 9.04. The summed E-state index contributed by atoms with van der Waals surface area (Å²) in [7, 11) is 0. The minimum absolute atomic E-state index is 0.146. The van der Waals surface area contributed by atoms with Crippen LogP contribution in [-0.2, 0) is 19.7 Å². The SMILES string of the molecule is CC1=CC[C@@H]2[C@@H](C1)c1c(OC(=O)C(C)(C)C)cc(C(C)(C)CCCCCOC(=O)C(C)(C)C)cc1OC2(C)C. The summed E-state index contributed by atoms with van der Waals surface area (Å²) in [6.07, 6.45) is 8.05. The van der Waals surface area contributed by atoms with E-state index in [0.29, 0.717) is 18.3 Å². The van der Waals surface area contributed by atoms with E-state index in [2.05, 4.69) is 52.8 Å². The average molecular weight is 541 g/mol. The second-order valence-corrected chi connectivity index (χ2v) is 15.0. The maximum Gasteiger partial charge on any atom is 0.316 e. The Morgan fingerprint density at radius 3 is 2.21 bits per heavy atom. The van der Waals surface area contributed by atoms with Crippen LogP contribution in [0.15, 0.2) is 23.8 Å². The molecule has 0 spiro atoms. The van der Waals surface area contributed by atoms with E-state index in [9.17, 15) is 9.59 Å². The van der Waals surface area contributed by atoms with Gasteiger partial charge in [-0.2, -0.15) is 0 Å². The number of ether oxygens (including phenoxy) is 3. The first kappa shape index (κ1) is 31.2. The minimum atomic E-state index is -0.606. The number of rotatable bonds is 8. The summed E-state index contributed by atoms with van der Waals surface area (Å²) in [5.74, 6) is 1.71. The number of hydrogen-bond donors (Lipinski definition) is 0. The fourth-order valence-electron chi connectivity index (χ4n) is 5.65. The lowest BCUT2D eigenvalue weighted by atomic mass is 9.66. The zero-order valence-corrected chi connectivity index (χ0v) is 26.4. The third kappa shape index (κ3) is 7.46. The lowest BCUT2D eigenvalue weighted by Gasteiger charge is -2.47. The molecule has 1 aromatic carbocycles. The highest BCUT2D eigenvalue weighted by Gasteiger charge is 2.46. The molecular formula is C34H52O5. The van der Waals surface area contributed by atoms with E-state index in [1.54, 1.807) is 0 Å².